The number of benzene rings is 2. The Balaban J connectivity index is 1.48. The Labute approximate surface area is 185 Å². The van der Waals surface area contributed by atoms with Gasteiger partial charge >= 0.3 is 0 Å². The fraction of sp³-hybridized carbons (Fsp3) is 0.318. The smallest absolute Gasteiger partial charge is 0.230 e. The number of carbonyl (C=O) groups excluding carboxylic acids is 1. The average molecular weight is 443 g/mol. The highest BCUT2D eigenvalue weighted by atomic mass is 35.5. The molecule has 1 aliphatic rings. The van der Waals surface area contributed by atoms with Gasteiger partial charge in [0, 0.05) is 23.7 Å². The average Bonchev–Trinajstić information content (AvgIpc) is 3.42. The van der Waals surface area contributed by atoms with Gasteiger partial charge in [0.1, 0.15) is 0 Å². The van der Waals surface area contributed by atoms with Crippen molar-refractivity contribution < 1.29 is 9.53 Å². The molecule has 1 atom stereocenters. The van der Waals surface area contributed by atoms with Gasteiger partial charge in [0.25, 0.3) is 0 Å². The van der Waals surface area contributed by atoms with Crippen molar-refractivity contribution >= 4 is 29.3 Å². The second-order valence-electron chi connectivity index (χ2n) is 7.11. The highest BCUT2D eigenvalue weighted by Crippen LogP contribution is 2.26. The molecular weight excluding hydrogens is 420 g/mol. The summed E-state index contributed by atoms with van der Waals surface area (Å²) in [6.07, 6.45) is 2.20. The molecule has 3 aromatic rings. The summed E-state index contributed by atoms with van der Waals surface area (Å²) in [5.41, 5.74) is 2.06. The number of nitrogens with zero attached hydrogens (tertiary/aromatic N) is 3. The predicted molar refractivity (Wildman–Crippen MR) is 119 cm³/mol. The Hall–Kier alpha value is -2.35. The van der Waals surface area contributed by atoms with Gasteiger partial charge in [0.05, 0.1) is 18.4 Å². The zero-order valence-electron chi connectivity index (χ0n) is 16.5. The molecule has 1 aromatic heterocycles. The van der Waals surface area contributed by atoms with Crippen LogP contribution in [-0.4, -0.2) is 45.7 Å². The molecule has 1 saturated heterocycles. The van der Waals surface area contributed by atoms with E-state index in [1.807, 2.05) is 47.0 Å². The molecule has 0 unspecified atom stereocenters. The van der Waals surface area contributed by atoms with Crippen LogP contribution >= 0.6 is 23.4 Å². The second kappa shape index (κ2) is 10.1. The predicted octanol–water partition coefficient (Wildman–Crippen LogP) is 4.03. The molecule has 0 radical (unpaired) electrons. The molecule has 1 fully saturated rings. The lowest BCUT2D eigenvalue weighted by Gasteiger charge is -2.12. The molecule has 30 heavy (non-hydrogen) atoms. The van der Waals surface area contributed by atoms with Crippen molar-refractivity contribution in [3.05, 3.63) is 65.2 Å². The van der Waals surface area contributed by atoms with Crippen molar-refractivity contribution in [2.45, 2.75) is 30.6 Å². The van der Waals surface area contributed by atoms with E-state index in [0.717, 1.165) is 36.4 Å². The van der Waals surface area contributed by atoms with Gasteiger partial charge in [-0.2, -0.15) is 0 Å². The minimum absolute atomic E-state index is 0.0298. The van der Waals surface area contributed by atoms with E-state index in [1.165, 1.54) is 11.8 Å². The maximum Gasteiger partial charge on any atom is 0.230 e. The van der Waals surface area contributed by atoms with E-state index < -0.39 is 0 Å². The maximum absolute atomic E-state index is 12.3. The number of hydrogen-bond donors (Lipinski definition) is 1. The number of aromatic nitrogens is 3. The van der Waals surface area contributed by atoms with Gasteiger partial charge in [-0.25, -0.2) is 0 Å². The van der Waals surface area contributed by atoms with Gasteiger partial charge < -0.3 is 10.1 Å². The molecule has 156 valence electrons. The van der Waals surface area contributed by atoms with Gasteiger partial charge in [-0.15, -0.1) is 10.2 Å². The molecule has 2 aromatic carbocycles. The number of carbonyl (C=O) groups is 1. The first-order valence-corrected chi connectivity index (χ1v) is 11.3. The van der Waals surface area contributed by atoms with Crippen molar-refractivity contribution in [1.29, 1.82) is 0 Å². The van der Waals surface area contributed by atoms with Crippen LogP contribution in [0.5, 0.6) is 0 Å². The van der Waals surface area contributed by atoms with Crippen LogP contribution in [0.15, 0.2) is 59.8 Å². The monoisotopic (exact) mass is 442 g/mol. The van der Waals surface area contributed by atoms with Crippen LogP contribution in [0.4, 0.5) is 0 Å². The molecule has 2 heterocycles. The summed E-state index contributed by atoms with van der Waals surface area (Å²) in [5.74, 6) is 0.996. The van der Waals surface area contributed by atoms with E-state index in [4.69, 9.17) is 16.3 Å². The van der Waals surface area contributed by atoms with E-state index in [0.29, 0.717) is 23.3 Å². The number of amides is 1. The molecule has 8 heteroatoms. The summed E-state index contributed by atoms with van der Waals surface area (Å²) < 4.78 is 7.59. The zero-order valence-corrected chi connectivity index (χ0v) is 18.0. The number of hydrogen-bond acceptors (Lipinski definition) is 5. The Morgan fingerprint density at radius 2 is 1.97 bits per heavy atom. The van der Waals surface area contributed by atoms with Crippen molar-refractivity contribution in [3.63, 3.8) is 0 Å². The first kappa shape index (κ1) is 20.9. The van der Waals surface area contributed by atoms with Gasteiger partial charge in [0.2, 0.25) is 5.91 Å². The summed E-state index contributed by atoms with van der Waals surface area (Å²) in [7, 11) is 0. The van der Waals surface area contributed by atoms with Gasteiger partial charge in [-0.1, -0.05) is 53.7 Å². The number of halogens is 1. The van der Waals surface area contributed by atoms with Crippen molar-refractivity contribution in [3.8, 4) is 11.4 Å². The first-order valence-electron chi connectivity index (χ1n) is 9.93. The summed E-state index contributed by atoms with van der Waals surface area (Å²) in [4.78, 5) is 12.3. The number of thioether (sulfide) groups is 1. The Morgan fingerprint density at radius 3 is 2.70 bits per heavy atom. The maximum atomic E-state index is 12.3. The topological polar surface area (TPSA) is 69.0 Å². The highest BCUT2D eigenvalue weighted by Gasteiger charge is 2.18. The fourth-order valence-corrected chi connectivity index (χ4v) is 4.22. The van der Waals surface area contributed by atoms with Crippen molar-refractivity contribution in [2.75, 3.05) is 18.9 Å². The molecule has 0 spiro atoms. The van der Waals surface area contributed by atoms with E-state index in [-0.39, 0.29) is 17.8 Å². The molecule has 4 rings (SSSR count). The largest absolute Gasteiger partial charge is 0.376 e. The molecule has 0 saturated carbocycles. The lowest BCUT2D eigenvalue weighted by atomic mass is 10.2. The minimum atomic E-state index is -0.0298. The van der Waals surface area contributed by atoms with Crippen LogP contribution in [0.1, 0.15) is 18.4 Å². The summed E-state index contributed by atoms with van der Waals surface area (Å²) in [5, 5.41) is 13.1. The molecule has 6 nitrogen and oxygen atoms in total. The van der Waals surface area contributed by atoms with E-state index >= 15 is 0 Å². The Bertz CT molecular complexity index is 973. The van der Waals surface area contributed by atoms with E-state index in [1.54, 1.807) is 0 Å². The van der Waals surface area contributed by atoms with Crippen LogP contribution in [0.25, 0.3) is 11.4 Å². The standard InChI is InChI=1S/C22H23ClN4O2S/c23-18-10-8-17(9-11-18)21-25-26-22(27(21)14-16-5-2-1-3-6-16)30-15-20(28)24-13-19-7-4-12-29-19/h1-3,5-6,8-11,19H,4,7,12-15H2,(H,24,28)/t19-/m1/s1. The molecule has 1 amide bonds. The normalized spacial score (nSPS) is 16.0. The van der Waals surface area contributed by atoms with Crippen LogP contribution in [0.2, 0.25) is 5.02 Å². The number of ether oxygens (including phenoxy) is 1. The van der Waals surface area contributed by atoms with Gasteiger partial charge in [0.15, 0.2) is 11.0 Å². The van der Waals surface area contributed by atoms with Crippen LogP contribution < -0.4 is 5.32 Å². The van der Waals surface area contributed by atoms with Gasteiger partial charge in [-0.3, -0.25) is 9.36 Å². The van der Waals surface area contributed by atoms with Crippen LogP contribution in [0, 0.1) is 0 Å². The van der Waals surface area contributed by atoms with Gasteiger partial charge in [-0.05, 0) is 42.7 Å². The fourth-order valence-electron chi connectivity index (χ4n) is 3.33. The SMILES string of the molecule is O=C(CSc1nnc(-c2ccc(Cl)cc2)n1Cc1ccccc1)NC[C@H]1CCCO1. The van der Waals surface area contributed by atoms with Crippen molar-refractivity contribution in [2.24, 2.45) is 0 Å². The summed E-state index contributed by atoms with van der Waals surface area (Å²) in [6, 6.07) is 17.7. The third kappa shape index (κ3) is 5.41. The minimum Gasteiger partial charge on any atom is -0.376 e. The van der Waals surface area contributed by atoms with E-state index in [2.05, 4.69) is 27.6 Å². The lowest BCUT2D eigenvalue weighted by molar-refractivity contribution is -0.119. The molecular formula is C22H23ClN4O2S. The molecule has 1 aliphatic heterocycles. The lowest BCUT2D eigenvalue weighted by Crippen LogP contribution is -2.32. The molecule has 0 bridgehead atoms. The summed E-state index contributed by atoms with van der Waals surface area (Å²) in [6.45, 7) is 1.96. The first-order chi connectivity index (χ1) is 14.7. The molecule has 1 N–H and O–H groups in total. The summed E-state index contributed by atoms with van der Waals surface area (Å²) >= 11 is 7.42. The third-order valence-corrected chi connectivity index (χ3v) is 6.10. The highest BCUT2D eigenvalue weighted by molar-refractivity contribution is 7.99. The number of nitrogens with one attached hydrogen (secondary N) is 1. The van der Waals surface area contributed by atoms with Crippen LogP contribution in [-0.2, 0) is 16.1 Å². The third-order valence-electron chi connectivity index (χ3n) is 4.89. The van der Waals surface area contributed by atoms with Crippen molar-refractivity contribution in [1.82, 2.24) is 20.1 Å². The molecule has 0 aliphatic carbocycles. The van der Waals surface area contributed by atoms with E-state index in [9.17, 15) is 4.79 Å². The quantitative estimate of drug-likeness (QED) is 0.533. The van der Waals surface area contributed by atoms with Crippen LogP contribution in [0.3, 0.4) is 0 Å². The Morgan fingerprint density at radius 1 is 1.17 bits per heavy atom. The number of rotatable bonds is 8. The zero-order chi connectivity index (χ0) is 20.8. The second-order valence-corrected chi connectivity index (χ2v) is 8.49. The Kier molecular flexibility index (Phi) is 7.04.